The Bertz CT molecular complexity index is 1680. The summed E-state index contributed by atoms with van der Waals surface area (Å²) in [4.78, 5) is 8.57. The molecule has 0 atom stereocenters. The van der Waals surface area contributed by atoms with Crippen molar-refractivity contribution >= 4 is 22.3 Å². The number of fused-ring (bicyclic) bond motifs is 4. The lowest BCUT2D eigenvalue weighted by molar-refractivity contribution is 0.476. The zero-order chi connectivity index (χ0) is 28.9. The van der Waals surface area contributed by atoms with Crippen LogP contribution in [0.3, 0.4) is 0 Å². The first-order valence-corrected chi connectivity index (χ1v) is 15.1. The number of H-pyrrole nitrogens is 1. The van der Waals surface area contributed by atoms with Crippen molar-refractivity contribution in [3.63, 3.8) is 0 Å². The summed E-state index contributed by atoms with van der Waals surface area (Å²) in [6, 6.07) is 28.6. The molecule has 1 aliphatic carbocycles. The first kappa shape index (κ1) is 27.0. The van der Waals surface area contributed by atoms with E-state index in [-0.39, 0.29) is 0 Å². The van der Waals surface area contributed by atoms with Gasteiger partial charge in [-0.25, -0.2) is 0 Å². The lowest BCUT2D eigenvalue weighted by Gasteiger charge is -2.30. The van der Waals surface area contributed by atoms with E-state index in [1.807, 2.05) is 19.1 Å². The number of aryl methyl sites for hydroxylation is 1. The highest BCUT2D eigenvalue weighted by atomic mass is 16.3. The molecule has 0 unspecified atom stereocenters. The Hall–Kier alpha value is -4.18. The molecular weight excluding hydrogens is 502 g/mol. The van der Waals surface area contributed by atoms with Crippen molar-refractivity contribution in [1.29, 1.82) is 0 Å². The second-order valence-corrected chi connectivity index (χ2v) is 11.4. The van der Waals surface area contributed by atoms with E-state index in [9.17, 15) is 5.11 Å². The molecule has 210 valence electrons. The average molecular weight is 544 g/mol. The van der Waals surface area contributed by atoms with Crippen LogP contribution in [0.25, 0.3) is 33.3 Å². The fourth-order valence-corrected chi connectivity index (χ4v) is 7.08. The Morgan fingerprint density at radius 1 is 0.683 bits per heavy atom. The van der Waals surface area contributed by atoms with Gasteiger partial charge in [0.05, 0.1) is 5.69 Å². The van der Waals surface area contributed by atoms with Crippen molar-refractivity contribution < 1.29 is 5.11 Å². The number of phenols is 1. The van der Waals surface area contributed by atoms with Crippen molar-refractivity contribution in [3.05, 3.63) is 101 Å². The van der Waals surface area contributed by atoms with E-state index in [0.717, 1.165) is 48.5 Å². The van der Waals surface area contributed by atoms with Crippen LogP contribution in [0.5, 0.6) is 5.75 Å². The van der Waals surface area contributed by atoms with Crippen LogP contribution in [-0.2, 0) is 5.41 Å². The van der Waals surface area contributed by atoms with Gasteiger partial charge in [0.2, 0.25) is 0 Å². The van der Waals surface area contributed by atoms with Gasteiger partial charge in [-0.05, 0) is 112 Å². The Morgan fingerprint density at radius 3 is 1.78 bits per heavy atom. The van der Waals surface area contributed by atoms with Crippen LogP contribution in [0.2, 0.25) is 0 Å². The minimum absolute atomic E-state index is 0.300. The van der Waals surface area contributed by atoms with Gasteiger partial charge in [-0.3, -0.25) is 0 Å². The number of aromatic hydroxyl groups is 1. The molecule has 4 aromatic carbocycles. The third kappa shape index (κ3) is 4.11. The van der Waals surface area contributed by atoms with Crippen LogP contribution in [0.4, 0.5) is 11.4 Å². The van der Waals surface area contributed by atoms with Crippen LogP contribution in [0, 0.1) is 6.92 Å². The number of hydrogen-bond acceptors (Lipinski definition) is 3. The molecule has 5 aromatic rings. The van der Waals surface area contributed by atoms with Gasteiger partial charge < -0.3 is 19.9 Å². The van der Waals surface area contributed by atoms with E-state index in [2.05, 4.69) is 116 Å². The second-order valence-electron chi connectivity index (χ2n) is 11.4. The van der Waals surface area contributed by atoms with Crippen LogP contribution in [0.1, 0.15) is 56.9 Å². The van der Waals surface area contributed by atoms with Gasteiger partial charge in [0.15, 0.2) is 0 Å². The summed E-state index contributed by atoms with van der Waals surface area (Å²) in [6.07, 6.45) is 0. The Kier molecular flexibility index (Phi) is 6.81. The SMILES string of the molecule is CCN(CC)c1ccc2c(c1)-c1cc(N(CC)CC)ccc1C2(C)c1c(-c2ccc(C)cc2O)[nH]c2ccccc12. The third-order valence-electron chi connectivity index (χ3n) is 9.26. The molecule has 2 N–H and O–H groups in total. The average Bonchev–Trinajstić information content (AvgIpc) is 3.48. The van der Waals surface area contributed by atoms with Crippen molar-refractivity contribution in [1.82, 2.24) is 4.98 Å². The van der Waals surface area contributed by atoms with Gasteiger partial charge in [-0.1, -0.05) is 36.4 Å². The van der Waals surface area contributed by atoms with Gasteiger partial charge >= 0.3 is 0 Å². The molecule has 4 nitrogen and oxygen atoms in total. The largest absolute Gasteiger partial charge is 0.507 e. The van der Waals surface area contributed by atoms with Gasteiger partial charge in [-0.2, -0.15) is 0 Å². The number of phenolic OH excluding ortho intramolecular Hbond substituents is 1. The first-order valence-electron chi connectivity index (χ1n) is 15.1. The van der Waals surface area contributed by atoms with E-state index >= 15 is 0 Å². The Morgan fingerprint density at radius 2 is 1.24 bits per heavy atom. The molecule has 1 aromatic heterocycles. The van der Waals surface area contributed by atoms with Gasteiger partial charge in [0.1, 0.15) is 5.75 Å². The molecule has 0 aliphatic heterocycles. The number of benzene rings is 4. The summed E-state index contributed by atoms with van der Waals surface area (Å²) in [5.74, 6) is 0.300. The molecule has 0 saturated heterocycles. The summed E-state index contributed by atoms with van der Waals surface area (Å²) >= 11 is 0. The Balaban J connectivity index is 1.69. The molecule has 0 bridgehead atoms. The molecule has 6 rings (SSSR count). The molecule has 0 fully saturated rings. The molecule has 1 aliphatic rings. The highest BCUT2D eigenvalue weighted by Gasteiger charge is 2.44. The van der Waals surface area contributed by atoms with Gasteiger partial charge in [-0.15, -0.1) is 0 Å². The molecule has 1 heterocycles. The van der Waals surface area contributed by atoms with E-state index in [0.29, 0.717) is 5.75 Å². The van der Waals surface area contributed by atoms with Crippen molar-refractivity contribution in [2.45, 2.75) is 47.0 Å². The molecule has 4 heteroatoms. The van der Waals surface area contributed by atoms with Crippen LogP contribution >= 0.6 is 0 Å². The zero-order valence-corrected chi connectivity index (χ0v) is 25.2. The molecule has 0 saturated carbocycles. The predicted octanol–water partition coefficient (Wildman–Crippen LogP) is 8.88. The minimum Gasteiger partial charge on any atom is -0.507 e. The number of aromatic nitrogens is 1. The number of hydrogen-bond donors (Lipinski definition) is 2. The highest BCUT2D eigenvalue weighted by molar-refractivity contribution is 5.98. The van der Waals surface area contributed by atoms with Crippen LogP contribution in [0.15, 0.2) is 78.9 Å². The van der Waals surface area contributed by atoms with Crippen molar-refractivity contribution in [3.8, 4) is 28.1 Å². The van der Waals surface area contributed by atoms with Crippen molar-refractivity contribution in [2.75, 3.05) is 36.0 Å². The summed E-state index contributed by atoms with van der Waals surface area (Å²) in [5.41, 5.74) is 12.4. The standard InChI is InChI=1S/C37H41N3O/c1-7-39(8-2)25-16-19-31-29(22-25)30-23-26(40(9-3)10-4)17-20-32(30)37(31,6)35-27-13-11-12-14-33(27)38-36(35)28-18-15-24(5)21-34(28)41/h11-23,38,41H,7-10H2,1-6H3. The number of nitrogens with zero attached hydrogens (tertiary/aromatic N) is 2. The monoisotopic (exact) mass is 543 g/mol. The molecular formula is C37H41N3O. The zero-order valence-electron chi connectivity index (χ0n) is 25.2. The molecule has 41 heavy (non-hydrogen) atoms. The summed E-state index contributed by atoms with van der Waals surface area (Å²) in [7, 11) is 0. The summed E-state index contributed by atoms with van der Waals surface area (Å²) in [5, 5.41) is 12.4. The topological polar surface area (TPSA) is 42.5 Å². The third-order valence-corrected chi connectivity index (χ3v) is 9.26. The normalized spacial score (nSPS) is 13.3. The number of nitrogens with one attached hydrogen (secondary N) is 1. The number of rotatable bonds is 8. The van der Waals surface area contributed by atoms with Crippen molar-refractivity contribution in [2.24, 2.45) is 0 Å². The lowest BCUT2D eigenvalue weighted by Crippen LogP contribution is -2.24. The Labute approximate surface area is 244 Å². The molecule has 0 amide bonds. The number of aromatic amines is 1. The van der Waals surface area contributed by atoms with Gasteiger partial charge in [0, 0.05) is 65.0 Å². The summed E-state index contributed by atoms with van der Waals surface area (Å²) in [6.45, 7) is 17.2. The van der Waals surface area contributed by atoms with E-state index in [4.69, 9.17) is 0 Å². The van der Waals surface area contributed by atoms with Crippen LogP contribution < -0.4 is 9.80 Å². The predicted molar refractivity (Wildman–Crippen MR) is 175 cm³/mol. The number of para-hydroxylation sites is 1. The van der Waals surface area contributed by atoms with E-state index in [1.165, 1.54) is 44.6 Å². The maximum atomic E-state index is 11.2. The highest BCUT2D eigenvalue weighted by Crippen LogP contribution is 2.57. The fourth-order valence-electron chi connectivity index (χ4n) is 7.08. The van der Waals surface area contributed by atoms with E-state index in [1.54, 1.807) is 0 Å². The maximum Gasteiger partial charge on any atom is 0.125 e. The first-order chi connectivity index (χ1) is 19.8. The molecule has 0 radical (unpaired) electrons. The second kappa shape index (κ2) is 10.3. The van der Waals surface area contributed by atoms with Crippen LogP contribution in [-0.4, -0.2) is 36.3 Å². The quantitative estimate of drug-likeness (QED) is 0.205. The fraction of sp³-hybridized carbons (Fsp3) is 0.297. The lowest BCUT2D eigenvalue weighted by atomic mass is 9.72. The minimum atomic E-state index is -0.430. The molecule has 0 spiro atoms. The smallest absolute Gasteiger partial charge is 0.125 e. The summed E-state index contributed by atoms with van der Waals surface area (Å²) < 4.78 is 0. The van der Waals surface area contributed by atoms with Gasteiger partial charge in [0.25, 0.3) is 0 Å². The maximum absolute atomic E-state index is 11.2. The number of anilines is 2. The van der Waals surface area contributed by atoms with E-state index < -0.39 is 5.41 Å².